The molecule has 0 radical (unpaired) electrons. The van der Waals surface area contributed by atoms with Crippen molar-refractivity contribution in [1.29, 1.82) is 0 Å². The summed E-state index contributed by atoms with van der Waals surface area (Å²) < 4.78 is 43.3. The zero-order valence-electron chi connectivity index (χ0n) is 18.5. The largest absolute Gasteiger partial charge is 0.417 e. The summed E-state index contributed by atoms with van der Waals surface area (Å²) in [6, 6.07) is 4.25. The number of imidazole rings is 1. The smallest absolute Gasteiger partial charge is 0.338 e. The average Bonchev–Trinajstić information content (AvgIpc) is 3.35. The summed E-state index contributed by atoms with van der Waals surface area (Å²) in [4.78, 5) is 15.5. The van der Waals surface area contributed by atoms with Crippen LogP contribution in [0.5, 0.6) is 0 Å². The second kappa shape index (κ2) is 7.82. The van der Waals surface area contributed by atoms with Crippen LogP contribution in [-0.2, 0) is 6.18 Å². The Labute approximate surface area is 188 Å². The molecule has 0 amide bonds. The van der Waals surface area contributed by atoms with Gasteiger partial charge in [0.25, 0.3) is 0 Å². The second-order valence-electron chi connectivity index (χ2n) is 8.59. The standard InChI is InChI=1S/C22H23F3N8/c1-13-8-17(33-14(2)29-30-15(33)3)12-31(10-13)21-26-7-6-18(28-21)19-9-27-20-5-4-16(11-32(19)20)22(23,24)25/h4-7,9,11,13,17H,8,10,12H2,1-3H3/t13-,17-/m0/s1. The number of pyridine rings is 1. The molecule has 0 N–H and O–H groups in total. The predicted molar refractivity (Wildman–Crippen MR) is 116 cm³/mol. The summed E-state index contributed by atoms with van der Waals surface area (Å²) in [6.45, 7) is 7.55. The Hall–Kier alpha value is -3.50. The van der Waals surface area contributed by atoms with E-state index in [4.69, 9.17) is 4.98 Å². The molecule has 4 aromatic rings. The predicted octanol–water partition coefficient (Wildman–Crippen LogP) is 4.11. The van der Waals surface area contributed by atoms with E-state index in [0.29, 0.717) is 35.4 Å². The Balaban J connectivity index is 1.50. The molecule has 172 valence electrons. The molecule has 0 unspecified atom stereocenters. The molecule has 4 aromatic heterocycles. The first-order chi connectivity index (χ1) is 15.7. The summed E-state index contributed by atoms with van der Waals surface area (Å²) in [6.07, 6.45) is 0.769. The van der Waals surface area contributed by atoms with Crippen molar-refractivity contribution in [3.05, 3.63) is 54.0 Å². The zero-order valence-corrected chi connectivity index (χ0v) is 18.5. The Kier molecular flexibility index (Phi) is 5.06. The van der Waals surface area contributed by atoms with Gasteiger partial charge in [0, 0.05) is 25.5 Å². The maximum atomic E-state index is 13.2. The fourth-order valence-corrected chi connectivity index (χ4v) is 4.65. The number of halogens is 3. The van der Waals surface area contributed by atoms with E-state index in [9.17, 15) is 13.2 Å². The van der Waals surface area contributed by atoms with Crippen molar-refractivity contribution in [2.24, 2.45) is 5.92 Å². The van der Waals surface area contributed by atoms with Gasteiger partial charge in [-0.1, -0.05) is 6.92 Å². The van der Waals surface area contributed by atoms with Crippen LogP contribution >= 0.6 is 0 Å². The lowest BCUT2D eigenvalue weighted by Crippen LogP contribution is -2.42. The highest BCUT2D eigenvalue weighted by Crippen LogP contribution is 2.32. The van der Waals surface area contributed by atoms with Crippen LogP contribution in [0.25, 0.3) is 17.0 Å². The van der Waals surface area contributed by atoms with Crippen LogP contribution in [0.2, 0.25) is 0 Å². The zero-order chi connectivity index (χ0) is 23.3. The number of anilines is 1. The molecule has 2 atom stereocenters. The monoisotopic (exact) mass is 456 g/mol. The molecule has 1 fully saturated rings. The maximum Gasteiger partial charge on any atom is 0.417 e. The van der Waals surface area contributed by atoms with Crippen LogP contribution in [0, 0.1) is 19.8 Å². The summed E-state index contributed by atoms with van der Waals surface area (Å²) in [5, 5.41) is 8.38. The van der Waals surface area contributed by atoms with Gasteiger partial charge in [-0.15, -0.1) is 10.2 Å². The van der Waals surface area contributed by atoms with Gasteiger partial charge in [0.2, 0.25) is 5.95 Å². The fraction of sp³-hybridized carbons (Fsp3) is 0.409. The van der Waals surface area contributed by atoms with E-state index in [1.54, 1.807) is 12.3 Å². The van der Waals surface area contributed by atoms with E-state index < -0.39 is 11.7 Å². The third-order valence-corrected chi connectivity index (χ3v) is 6.06. The molecule has 1 saturated heterocycles. The number of aryl methyl sites for hydroxylation is 2. The molecular formula is C22H23F3N8. The summed E-state index contributed by atoms with van der Waals surface area (Å²) in [5.41, 5.74) is 0.671. The van der Waals surface area contributed by atoms with Gasteiger partial charge in [-0.05, 0) is 44.4 Å². The van der Waals surface area contributed by atoms with Gasteiger partial charge in [-0.3, -0.25) is 4.40 Å². The third kappa shape index (κ3) is 3.91. The number of hydrogen-bond donors (Lipinski definition) is 0. The first-order valence-corrected chi connectivity index (χ1v) is 10.7. The fourth-order valence-electron chi connectivity index (χ4n) is 4.65. The Morgan fingerprint density at radius 3 is 2.48 bits per heavy atom. The van der Waals surface area contributed by atoms with E-state index in [1.165, 1.54) is 16.7 Å². The first-order valence-electron chi connectivity index (χ1n) is 10.7. The highest BCUT2D eigenvalue weighted by molar-refractivity contribution is 5.61. The minimum Gasteiger partial charge on any atom is -0.338 e. The number of nitrogens with zero attached hydrogens (tertiary/aromatic N) is 8. The van der Waals surface area contributed by atoms with Gasteiger partial charge in [-0.2, -0.15) is 13.2 Å². The minimum atomic E-state index is -4.44. The van der Waals surface area contributed by atoms with Gasteiger partial charge in [0.05, 0.1) is 29.2 Å². The van der Waals surface area contributed by atoms with E-state index in [2.05, 4.69) is 36.6 Å². The summed E-state index contributed by atoms with van der Waals surface area (Å²) in [5.74, 6) is 2.66. The van der Waals surface area contributed by atoms with Crippen molar-refractivity contribution in [3.8, 4) is 11.4 Å². The van der Waals surface area contributed by atoms with Crippen LogP contribution in [0.3, 0.4) is 0 Å². The van der Waals surface area contributed by atoms with Crippen LogP contribution < -0.4 is 4.90 Å². The number of piperidine rings is 1. The molecule has 1 aliphatic rings. The molecule has 1 aliphatic heterocycles. The minimum absolute atomic E-state index is 0.182. The van der Waals surface area contributed by atoms with Crippen LogP contribution in [-0.4, -0.2) is 47.2 Å². The van der Waals surface area contributed by atoms with Gasteiger partial charge in [0.1, 0.15) is 17.3 Å². The van der Waals surface area contributed by atoms with Crippen molar-refractivity contribution in [2.75, 3.05) is 18.0 Å². The van der Waals surface area contributed by atoms with E-state index in [0.717, 1.165) is 36.9 Å². The molecule has 0 saturated carbocycles. The van der Waals surface area contributed by atoms with Crippen molar-refractivity contribution < 1.29 is 13.2 Å². The lowest BCUT2D eigenvalue weighted by molar-refractivity contribution is -0.137. The van der Waals surface area contributed by atoms with Crippen molar-refractivity contribution >= 4 is 11.6 Å². The molecule has 11 heteroatoms. The molecule has 0 spiro atoms. The van der Waals surface area contributed by atoms with E-state index in [-0.39, 0.29) is 6.04 Å². The van der Waals surface area contributed by atoms with Crippen molar-refractivity contribution in [3.63, 3.8) is 0 Å². The molecule has 33 heavy (non-hydrogen) atoms. The van der Waals surface area contributed by atoms with Gasteiger partial charge in [0.15, 0.2) is 0 Å². The lowest BCUT2D eigenvalue weighted by Gasteiger charge is -2.37. The Bertz CT molecular complexity index is 1290. The van der Waals surface area contributed by atoms with Crippen LogP contribution in [0.15, 0.2) is 36.8 Å². The van der Waals surface area contributed by atoms with Crippen molar-refractivity contribution in [2.45, 2.75) is 39.4 Å². The Morgan fingerprint density at radius 2 is 1.76 bits per heavy atom. The Morgan fingerprint density at radius 1 is 1.00 bits per heavy atom. The molecule has 0 aromatic carbocycles. The quantitative estimate of drug-likeness (QED) is 0.462. The van der Waals surface area contributed by atoms with E-state index in [1.807, 2.05) is 13.8 Å². The normalized spacial score (nSPS) is 19.4. The van der Waals surface area contributed by atoms with Gasteiger partial charge >= 0.3 is 6.18 Å². The number of alkyl halides is 3. The van der Waals surface area contributed by atoms with Gasteiger partial charge < -0.3 is 9.47 Å². The highest BCUT2D eigenvalue weighted by atomic mass is 19.4. The lowest BCUT2D eigenvalue weighted by atomic mass is 9.95. The summed E-state index contributed by atoms with van der Waals surface area (Å²) >= 11 is 0. The highest BCUT2D eigenvalue weighted by Gasteiger charge is 2.32. The number of fused-ring (bicyclic) bond motifs is 1. The van der Waals surface area contributed by atoms with Gasteiger partial charge in [-0.25, -0.2) is 15.0 Å². The molecule has 0 bridgehead atoms. The molecule has 0 aliphatic carbocycles. The second-order valence-corrected chi connectivity index (χ2v) is 8.59. The maximum absolute atomic E-state index is 13.2. The number of hydrogen-bond acceptors (Lipinski definition) is 6. The van der Waals surface area contributed by atoms with Crippen molar-refractivity contribution in [1.82, 2.24) is 34.1 Å². The topological polar surface area (TPSA) is 77.0 Å². The summed E-state index contributed by atoms with van der Waals surface area (Å²) in [7, 11) is 0. The van der Waals surface area contributed by atoms with Crippen LogP contribution in [0.1, 0.15) is 36.6 Å². The third-order valence-electron chi connectivity index (χ3n) is 6.06. The average molecular weight is 456 g/mol. The van der Waals surface area contributed by atoms with E-state index >= 15 is 0 Å². The molecule has 8 nitrogen and oxygen atoms in total. The number of rotatable bonds is 3. The molecular weight excluding hydrogens is 433 g/mol. The molecule has 5 rings (SSSR count). The first kappa shape index (κ1) is 21.4. The SMILES string of the molecule is Cc1nnc(C)n1[C@H]1C[C@H](C)CN(c2nccc(-c3cnc4ccc(C(F)(F)F)cn34)n2)C1. The van der Waals surface area contributed by atoms with Crippen LogP contribution in [0.4, 0.5) is 19.1 Å². The number of aromatic nitrogens is 7. The molecule has 5 heterocycles.